The summed E-state index contributed by atoms with van der Waals surface area (Å²) in [5.74, 6) is 0.798. The van der Waals surface area contributed by atoms with E-state index in [0.717, 1.165) is 0 Å². The number of carbonyl (C=O) groups excluding carboxylic acids is 3. The van der Waals surface area contributed by atoms with Gasteiger partial charge in [-0.15, -0.1) is 0 Å². The Morgan fingerprint density at radius 3 is 2.45 bits per heavy atom. The average molecular weight is 460 g/mol. The summed E-state index contributed by atoms with van der Waals surface area (Å²) in [7, 11) is 1.55. The number of likely N-dealkylation sites (tertiary alicyclic amines) is 1. The van der Waals surface area contributed by atoms with Crippen LogP contribution in [0, 0.1) is 11.8 Å². The van der Waals surface area contributed by atoms with Crippen LogP contribution in [0.2, 0.25) is 0 Å². The first-order valence-corrected chi connectivity index (χ1v) is 11.8. The molecule has 1 N–H and O–H groups in total. The highest BCUT2D eigenvalue weighted by Crippen LogP contribution is 2.39. The largest absolute Gasteiger partial charge is 0.497 e. The van der Waals surface area contributed by atoms with Crippen molar-refractivity contribution < 1.29 is 23.9 Å². The molecule has 2 aliphatic rings. The van der Waals surface area contributed by atoms with Crippen LogP contribution in [0.4, 0.5) is 0 Å². The molecule has 0 saturated carbocycles. The maximum absolute atomic E-state index is 13.7. The molecule has 8 nitrogen and oxygen atoms in total. The lowest BCUT2D eigenvalue weighted by Crippen LogP contribution is -2.60. The fourth-order valence-corrected chi connectivity index (χ4v) is 4.47. The van der Waals surface area contributed by atoms with E-state index < -0.39 is 11.8 Å². The van der Waals surface area contributed by atoms with Crippen molar-refractivity contribution in [1.29, 1.82) is 0 Å². The van der Waals surface area contributed by atoms with Gasteiger partial charge in [-0.2, -0.15) is 0 Å². The summed E-state index contributed by atoms with van der Waals surface area (Å²) in [5.41, 5.74) is -0.464. The van der Waals surface area contributed by atoms with E-state index in [-0.39, 0.29) is 30.2 Å². The lowest BCUT2D eigenvalue weighted by molar-refractivity contribution is -0.144. The van der Waals surface area contributed by atoms with Crippen LogP contribution in [0.3, 0.4) is 0 Å². The molecule has 1 aromatic carbocycles. The van der Waals surface area contributed by atoms with Crippen molar-refractivity contribution in [3.63, 3.8) is 0 Å². The zero-order valence-electron chi connectivity index (χ0n) is 20.4. The van der Waals surface area contributed by atoms with Crippen molar-refractivity contribution in [2.45, 2.75) is 58.7 Å². The molecule has 3 amide bonds. The highest BCUT2D eigenvalue weighted by Gasteiger charge is 2.54. The first-order valence-electron chi connectivity index (χ1n) is 11.8. The molecule has 1 aromatic rings. The summed E-state index contributed by atoms with van der Waals surface area (Å²) in [5, 5.41) is 2.95. The number of hydrogen-bond donors (Lipinski definition) is 1. The molecule has 1 atom stereocenters. The highest BCUT2D eigenvalue weighted by molar-refractivity contribution is 5.98. The maximum Gasteiger partial charge on any atom is 0.257 e. The minimum absolute atomic E-state index is 0.120. The minimum atomic E-state index is -0.908. The van der Waals surface area contributed by atoms with Gasteiger partial charge in [-0.3, -0.25) is 19.3 Å². The quantitative estimate of drug-likeness (QED) is 0.677. The van der Waals surface area contributed by atoms with E-state index in [1.165, 1.54) is 0 Å². The molecule has 2 fully saturated rings. The fourth-order valence-electron chi connectivity index (χ4n) is 4.47. The van der Waals surface area contributed by atoms with Gasteiger partial charge in [-0.05, 0) is 30.0 Å². The third kappa shape index (κ3) is 5.66. The summed E-state index contributed by atoms with van der Waals surface area (Å²) < 4.78 is 11.5. The van der Waals surface area contributed by atoms with E-state index in [0.29, 0.717) is 56.1 Å². The van der Waals surface area contributed by atoms with Gasteiger partial charge >= 0.3 is 0 Å². The normalized spacial score (nSPS) is 19.9. The Labute approximate surface area is 196 Å². The zero-order chi connectivity index (χ0) is 24.2. The summed E-state index contributed by atoms with van der Waals surface area (Å²) >= 11 is 0. The van der Waals surface area contributed by atoms with Crippen LogP contribution >= 0.6 is 0 Å². The first kappa shape index (κ1) is 25.0. The highest BCUT2D eigenvalue weighted by atomic mass is 16.5. The SMILES string of the molecule is COc1cccc(C(=O)N2C(C(=O)NCC(C)C)COC23CCN(C(=O)CC(C)C)CC3)c1. The second-order valence-electron chi connectivity index (χ2n) is 9.80. The third-order valence-electron chi connectivity index (χ3n) is 6.26. The summed E-state index contributed by atoms with van der Waals surface area (Å²) in [6.45, 7) is 9.75. The number of carbonyl (C=O) groups is 3. The van der Waals surface area contributed by atoms with E-state index in [2.05, 4.69) is 5.32 Å². The number of nitrogens with zero attached hydrogens (tertiary/aromatic N) is 2. The van der Waals surface area contributed by atoms with Crippen LogP contribution in [-0.4, -0.2) is 72.6 Å². The van der Waals surface area contributed by atoms with Gasteiger partial charge in [-0.1, -0.05) is 33.8 Å². The van der Waals surface area contributed by atoms with Crippen molar-refractivity contribution in [3.8, 4) is 5.75 Å². The van der Waals surface area contributed by atoms with Gasteiger partial charge in [0, 0.05) is 44.5 Å². The Bertz CT molecular complexity index is 861. The van der Waals surface area contributed by atoms with Crippen LogP contribution < -0.4 is 10.1 Å². The Kier molecular flexibility index (Phi) is 8.00. The number of hydrogen-bond acceptors (Lipinski definition) is 5. The lowest BCUT2D eigenvalue weighted by Gasteiger charge is -2.44. The van der Waals surface area contributed by atoms with Crippen LogP contribution in [-0.2, 0) is 14.3 Å². The molecule has 0 radical (unpaired) electrons. The molecule has 0 aliphatic carbocycles. The van der Waals surface area contributed by atoms with Crippen molar-refractivity contribution in [1.82, 2.24) is 15.1 Å². The van der Waals surface area contributed by atoms with E-state index >= 15 is 0 Å². The first-order chi connectivity index (χ1) is 15.7. The average Bonchev–Trinajstić information content (AvgIpc) is 3.15. The second kappa shape index (κ2) is 10.5. The molecular weight excluding hydrogens is 422 g/mol. The standard InChI is InChI=1S/C25H37N3O5/c1-17(2)13-22(29)27-11-9-25(10-12-27)28(21(16-33-25)23(30)26-15-18(3)4)24(31)19-7-6-8-20(14-19)32-5/h6-8,14,17-18,21H,9-13,15-16H2,1-5H3,(H,26,30). The molecule has 2 aliphatic heterocycles. The lowest BCUT2D eigenvalue weighted by atomic mass is 9.95. The van der Waals surface area contributed by atoms with Crippen molar-refractivity contribution in [3.05, 3.63) is 29.8 Å². The Morgan fingerprint density at radius 2 is 1.85 bits per heavy atom. The summed E-state index contributed by atoms with van der Waals surface area (Å²) in [6, 6.07) is 6.22. The molecule has 33 heavy (non-hydrogen) atoms. The second-order valence-corrected chi connectivity index (χ2v) is 9.80. The number of ether oxygens (including phenoxy) is 2. The molecule has 3 rings (SSSR count). The number of methoxy groups -OCH3 is 1. The van der Waals surface area contributed by atoms with Gasteiger partial charge in [0.1, 0.15) is 17.5 Å². The van der Waals surface area contributed by atoms with Crippen molar-refractivity contribution in [2.24, 2.45) is 11.8 Å². The molecule has 0 aromatic heterocycles. The molecule has 0 bridgehead atoms. The Morgan fingerprint density at radius 1 is 1.15 bits per heavy atom. The summed E-state index contributed by atoms with van der Waals surface area (Å²) in [6.07, 6.45) is 1.45. The van der Waals surface area contributed by atoms with Crippen LogP contribution in [0.15, 0.2) is 24.3 Å². The molecule has 1 spiro atoms. The number of rotatable bonds is 7. The van der Waals surface area contributed by atoms with Gasteiger partial charge in [0.15, 0.2) is 0 Å². The smallest absolute Gasteiger partial charge is 0.257 e. The van der Waals surface area contributed by atoms with Gasteiger partial charge in [-0.25, -0.2) is 0 Å². The monoisotopic (exact) mass is 459 g/mol. The topological polar surface area (TPSA) is 88.2 Å². The number of benzene rings is 1. The van der Waals surface area contributed by atoms with E-state index in [1.807, 2.05) is 32.6 Å². The fraction of sp³-hybridized carbons (Fsp3) is 0.640. The van der Waals surface area contributed by atoms with Gasteiger partial charge < -0.3 is 19.7 Å². The van der Waals surface area contributed by atoms with E-state index in [9.17, 15) is 14.4 Å². The summed E-state index contributed by atoms with van der Waals surface area (Å²) in [4.78, 5) is 42.8. The number of nitrogens with one attached hydrogen (secondary N) is 1. The van der Waals surface area contributed by atoms with Gasteiger partial charge in [0.05, 0.1) is 13.7 Å². The number of piperidine rings is 1. The number of amides is 3. The zero-order valence-corrected chi connectivity index (χ0v) is 20.4. The predicted octanol–water partition coefficient (Wildman–Crippen LogP) is 2.67. The van der Waals surface area contributed by atoms with Crippen molar-refractivity contribution in [2.75, 3.05) is 33.4 Å². The third-order valence-corrected chi connectivity index (χ3v) is 6.26. The minimum Gasteiger partial charge on any atom is -0.497 e. The molecular formula is C25H37N3O5. The van der Waals surface area contributed by atoms with Crippen molar-refractivity contribution >= 4 is 17.7 Å². The Balaban J connectivity index is 1.85. The molecule has 1 unspecified atom stereocenters. The predicted molar refractivity (Wildman–Crippen MR) is 125 cm³/mol. The van der Waals surface area contributed by atoms with Gasteiger partial charge in [0.2, 0.25) is 11.8 Å². The molecule has 2 saturated heterocycles. The van der Waals surface area contributed by atoms with E-state index in [4.69, 9.17) is 9.47 Å². The van der Waals surface area contributed by atoms with Gasteiger partial charge in [0.25, 0.3) is 5.91 Å². The van der Waals surface area contributed by atoms with Crippen LogP contribution in [0.5, 0.6) is 5.75 Å². The van der Waals surface area contributed by atoms with Crippen LogP contribution in [0.1, 0.15) is 57.3 Å². The maximum atomic E-state index is 13.7. The molecule has 182 valence electrons. The van der Waals surface area contributed by atoms with Crippen LogP contribution in [0.25, 0.3) is 0 Å². The van der Waals surface area contributed by atoms with E-state index in [1.54, 1.807) is 36.3 Å². The Hall–Kier alpha value is -2.61. The molecule has 2 heterocycles. The molecule has 8 heteroatoms.